The van der Waals surface area contributed by atoms with Crippen LogP contribution in [0, 0.1) is 26.7 Å². The van der Waals surface area contributed by atoms with Crippen LogP contribution in [0.1, 0.15) is 36.1 Å². The van der Waals surface area contributed by atoms with Gasteiger partial charge in [0.25, 0.3) is 11.6 Å². The van der Waals surface area contributed by atoms with Gasteiger partial charge in [-0.3, -0.25) is 0 Å². The van der Waals surface area contributed by atoms with Crippen LogP contribution in [0.25, 0.3) is 33.1 Å². The second-order valence-electron chi connectivity index (χ2n) is 8.86. The molecule has 146 valence electrons. The van der Waals surface area contributed by atoms with Gasteiger partial charge in [0.05, 0.1) is 5.56 Å². The van der Waals surface area contributed by atoms with E-state index in [1.54, 1.807) is 0 Å². The first kappa shape index (κ1) is 18.1. The normalized spacial score (nSPS) is 12.5. The highest BCUT2D eigenvalue weighted by Crippen LogP contribution is 2.47. The number of aryl methyl sites for hydroxylation is 3. The van der Waals surface area contributed by atoms with Crippen molar-refractivity contribution < 1.29 is 9.30 Å². The van der Waals surface area contributed by atoms with Crippen molar-refractivity contribution in [3.8, 4) is 22.9 Å². The first-order valence-electron chi connectivity index (χ1n) is 10.4. The minimum Gasteiger partial charge on any atom is -0.433 e. The van der Waals surface area contributed by atoms with Crippen LogP contribution in [-0.2, 0) is 13.5 Å². The van der Waals surface area contributed by atoms with Crippen LogP contribution in [0.5, 0.6) is 11.6 Å². The molecule has 0 unspecified atom stereocenters. The van der Waals surface area contributed by atoms with Crippen molar-refractivity contribution in [2.45, 2.75) is 41.0 Å². The summed E-state index contributed by atoms with van der Waals surface area (Å²) in [7, 11) is 2.14. The Bertz CT molecular complexity index is 1320. The Morgan fingerprint density at radius 1 is 1.07 bits per heavy atom. The van der Waals surface area contributed by atoms with Crippen molar-refractivity contribution in [2.24, 2.45) is 13.0 Å². The number of nitrogens with zero attached hydrogens (tertiary/aromatic N) is 2. The van der Waals surface area contributed by atoms with Crippen LogP contribution in [0.2, 0.25) is 0 Å². The third-order valence-electron chi connectivity index (χ3n) is 6.15. The molecule has 3 nitrogen and oxygen atoms in total. The molecule has 0 saturated heterocycles. The topological polar surface area (TPSA) is 26.0 Å². The molecule has 29 heavy (non-hydrogen) atoms. The van der Waals surface area contributed by atoms with Gasteiger partial charge in [-0.1, -0.05) is 38.1 Å². The number of benzene rings is 3. The zero-order valence-electron chi connectivity index (χ0n) is 18.1. The van der Waals surface area contributed by atoms with E-state index >= 15 is 0 Å². The maximum absolute atomic E-state index is 6.44. The minimum atomic E-state index is 0.576. The first-order chi connectivity index (χ1) is 13.8. The number of ether oxygens (including phenoxy) is 1. The van der Waals surface area contributed by atoms with Gasteiger partial charge in [-0.2, -0.15) is 4.57 Å². The SMILES string of the molecule is Cc1cc2c3c(c(C)c(C)cc3c1)-c1c(nc3c(CC(C)C)cccc3[n+]1C)O2. The molecule has 0 N–H and O–H groups in total. The molecule has 2 heterocycles. The lowest BCUT2D eigenvalue weighted by Crippen LogP contribution is -2.34. The Morgan fingerprint density at radius 2 is 1.86 bits per heavy atom. The van der Waals surface area contributed by atoms with Crippen LogP contribution in [0.15, 0.2) is 36.4 Å². The highest BCUT2D eigenvalue weighted by Gasteiger charge is 2.33. The monoisotopic (exact) mass is 383 g/mol. The molecule has 0 fully saturated rings. The quantitative estimate of drug-likeness (QED) is 0.344. The summed E-state index contributed by atoms with van der Waals surface area (Å²) >= 11 is 0. The molecule has 1 aliphatic rings. The molecule has 0 amide bonds. The average molecular weight is 384 g/mol. The van der Waals surface area contributed by atoms with Gasteiger partial charge in [-0.15, -0.1) is 0 Å². The predicted octanol–water partition coefficient (Wildman–Crippen LogP) is 6.11. The van der Waals surface area contributed by atoms with Gasteiger partial charge in [0.2, 0.25) is 5.52 Å². The number of rotatable bonds is 2. The van der Waals surface area contributed by atoms with E-state index in [4.69, 9.17) is 9.72 Å². The Labute approximate surface area is 172 Å². The number of hydrogen-bond donors (Lipinski definition) is 0. The Kier molecular flexibility index (Phi) is 3.92. The standard InChI is InChI=1S/C26H27N2O/c1-14(2)10-18-8-7-9-20-24(18)27-26-25(28(20)6)22-17(5)16(4)13-19-11-15(3)12-21(29-26)23(19)22/h7-9,11-14H,10H2,1-6H3/q+1. The second-order valence-corrected chi connectivity index (χ2v) is 8.86. The van der Waals surface area contributed by atoms with Crippen molar-refractivity contribution in [1.82, 2.24) is 4.98 Å². The van der Waals surface area contributed by atoms with Crippen LogP contribution >= 0.6 is 0 Å². The van der Waals surface area contributed by atoms with Crippen LogP contribution in [0.4, 0.5) is 0 Å². The van der Waals surface area contributed by atoms with Gasteiger partial charge in [0.1, 0.15) is 18.3 Å². The van der Waals surface area contributed by atoms with Crippen molar-refractivity contribution in [3.05, 3.63) is 58.7 Å². The zero-order valence-corrected chi connectivity index (χ0v) is 18.1. The Morgan fingerprint density at radius 3 is 2.62 bits per heavy atom. The minimum absolute atomic E-state index is 0.576. The van der Waals surface area contributed by atoms with E-state index in [9.17, 15) is 0 Å². The predicted molar refractivity (Wildman–Crippen MR) is 119 cm³/mol. The van der Waals surface area contributed by atoms with E-state index < -0.39 is 0 Å². The van der Waals surface area contributed by atoms with Gasteiger partial charge < -0.3 is 4.74 Å². The molecule has 1 aliphatic heterocycles. The fourth-order valence-corrected chi connectivity index (χ4v) is 4.71. The third-order valence-corrected chi connectivity index (χ3v) is 6.15. The van der Waals surface area contributed by atoms with Gasteiger partial charge in [-0.05, 0) is 66.8 Å². The summed E-state index contributed by atoms with van der Waals surface area (Å²) in [6.45, 7) is 11.0. The molecule has 3 heteroatoms. The number of aromatic nitrogens is 2. The zero-order chi connectivity index (χ0) is 20.4. The molecule has 5 rings (SSSR count). The molecule has 3 aromatic carbocycles. The molecule has 1 aromatic heterocycles. The number of para-hydroxylation sites is 1. The Hall–Kier alpha value is -2.94. The average Bonchev–Trinajstić information content (AvgIpc) is 2.65. The van der Waals surface area contributed by atoms with Crippen molar-refractivity contribution in [2.75, 3.05) is 0 Å². The summed E-state index contributed by atoms with van der Waals surface area (Å²) in [5.74, 6) is 2.20. The fraction of sp³-hybridized carbons (Fsp3) is 0.308. The van der Waals surface area contributed by atoms with Gasteiger partial charge in [0, 0.05) is 11.5 Å². The molecular weight excluding hydrogens is 356 g/mol. The van der Waals surface area contributed by atoms with E-state index in [1.807, 2.05) is 0 Å². The van der Waals surface area contributed by atoms with Gasteiger partial charge >= 0.3 is 0 Å². The maximum atomic E-state index is 6.44. The number of fused-ring (bicyclic) bond motifs is 3. The van der Waals surface area contributed by atoms with E-state index in [0.717, 1.165) is 28.9 Å². The Balaban J connectivity index is 1.92. The summed E-state index contributed by atoms with van der Waals surface area (Å²) in [5.41, 5.74) is 9.59. The molecule has 0 spiro atoms. The summed E-state index contributed by atoms with van der Waals surface area (Å²) in [6, 6.07) is 13.2. The highest BCUT2D eigenvalue weighted by atomic mass is 16.5. The lowest BCUT2D eigenvalue weighted by molar-refractivity contribution is -0.634. The van der Waals surface area contributed by atoms with Crippen LogP contribution in [0.3, 0.4) is 0 Å². The number of hydrogen-bond acceptors (Lipinski definition) is 2. The van der Waals surface area contributed by atoms with Crippen molar-refractivity contribution in [3.63, 3.8) is 0 Å². The molecule has 0 bridgehead atoms. The first-order valence-corrected chi connectivity index (χ1v) is 10.4. The van der Waals surface area contributed by atoms with Crippen molar-refractivity contribution >= 4 is 21.8 Å². The highest BCUT2D eigenvalue weighted by molar-refractivity contribution is 6.05. The summed E-state index contributed by atoms with van der Waals surface area (Å²) in [4.78, 5) is 5.07. The van der Waals surface area contributed by atoms with Crippen LogP contribution < -0.4 is 9.30 Å². The molecular formula is C26H27N2O+. The third kappa shape index (κ3) is 2.64. The molecule has 0 saturated carbocycles. The molecule has 0 atom stereocenters. The smallest absolute Gasteiger partial charge is 0.294 e. The van der Waals surface area contributed by atoms with Gasteiger partial charge in [-0.25, -0.2) is 4.98 Å². The summed E-state index contributed by atoms with van der Waals surface area (Å²) in [5, 5.41) is 2.43. The fourth-order valence-electron chi connectivity index (χ4n) is 4.71. The van der Waals surface area contributed by atoms with E-state index in [1.165, 1.54) is 38.6 Å². The van der Waals surface area contributed by atoms with Crippen LogP contribution in [-0.4, -0.2) is 4.98 Å². The van der Waals surface area contributed by atoms with Crippen molar-refractivity contribution in [1.29, 1.82) is 0 Å². The molecule has 0 radical (unpaired) electrons. The second kappa shape index (κ2) is 6.28. The summed E-state index contributed by atoms with van der Waals surface area (Å²) < 4.78 is 8.71. The summed E-state index contributed by atoms with van der Waals surface area (Å²) in [6.07, 6.45) is 1.01. The van der Waals surface area contributed by atoms with E-state index in [0.29, 0.717) is 11.8 Å². The lowest BCUT2D eigenvalue weighted by atomic mass is 9.90. The maximum Gasteiger partial charge on any atom is 0.294 e. The van der Waals surface area contributed by atoms with E-state index in [-0.39, 0.29) is 0 Å². The largest absolute Gasteiger partial charge is 0.433 e. The lowest BCUT2D eigenvalue weighted by Gasteiger charge is -2.22. The van der Waals surface area contributed by atoms with Gasteiger partial charge in [0.15, 0.2) is 0 Å². The molecule has 0 aliphatic carbocycles. The molecule has 4 aromatic rings. The van der Waals surface area contributed by atoms with E-state index in [2.05, 4.69) is 82.6 Å².